The Kier molecular flexibility index (Phi) is 10.4. The molecule has 0 saturated heterocycles. The highest BCUT2D eigenvalue weighted by Crippen LogP contribution is 2.45. The van der Waals surface area contributed by atoms with Gasteiger partial charge in [0.1, 0.15) is 17.8 Å². The summed E-state index contributed by atoms with van der Waals surface area (Å²) in [5.41, 5.74) is 3.05. The van der Waals surface area contributed by atoms with Crippen LogP contribution in [0.25, 0.3) is 11.5 Å². The predicted octanol–water partition coefficient (Wildman–Crippen LogP) is 5.47. The summed E-state index contributed by atoms with van der Waals surface area (Å²) in [6, 6.07) is 16.3. The smallest absolute Gasteiger partial charge is 0.253 e. The Morgan fingerprint density at radius 2 is 1.94 bits per heavy atom. The second-order valence-corrected chi connectivity index (χ2v) is 12.8. The topological polar surface area (TPSA) is 117 Å². The number of carbonyl (C=O) groups is 2. The van der Waals surface area contributed by atoms with Crippen molar-refractivity contribution in [2.45, 2.75) is 63.1 Å². The Bertz CT molecular complexity index is 1830. The van der Waals surface area contributed by atoms with E-state index in [0.29, 0.717) is 55.0 Å². The Hall–Kier alpha value is -4.98. The molecule has 2 unspecified atom stereocenters. The zero-order valence-corrected chi connectivity index (χ0v) is 27.6. The van der Waals surface area contributed by atoms with Crippen molar-refractivity contribution in [3.8, 4) is 29.5 Å². The van der Waals surface area contributed by atoms with Gasteiger partial charge in [-0.25, -0.2) is 9.37 Å². The van der Waals surface area contributed by atoms with Crippen LogP contribution in [0, 0.1) is 18.2 Å². The minimum atomic E-state index is -1.07. The van der Waals surface area contributed by atoms with E-state index in [2.05, 4.69) is 21.5 Å². The van der Waals surface area contributed by atoms with Gasteiger partial charge >= 0.3 is 0 Å². The molecule has 3 N–H and O–H groups in total. The number of aliphatic hydroxyl groups excluding tert-OH is 1. The van der Waals surface area contributed by atoms with E-state index in [-0.39, 0.29) is 35.9 Å². The number of carbonyl (C=O) groups excluding carboxylic acids is 2. The number of hydrogen-bond acceptors (Lipinski definition) is 7. The lowest BCUT2D eigenvalue weighted by atomic mass is 9.98. The number of aromatic nitrogens is 1. The quantitative estimate of drug-likeness (QED) is 0.214. The van der Waals surface area contributed by atoms with E-state index in [1.807, 2.05) is 31.2 Å². The van der Waals surface area contributed by atoms with Crippen LogP contribution < -0.4 is 15.4 Å². The Morgan fingerprint density at radius 1 is 1.12 bits per heavy atom. The number of nitrogens with zero attached hydrogens (tertiary/aromatic N) is 2. The van der Waals surface area contributed by atoms with Crippen LogP contribution in [0.4, 0.5) is 4.39 Å². The molecular weight excluding hydrogens is 623 g/mol. The van der Waals surface area contributed by atoms with Gasteiger partial charge in [0.15, 0.2) is 0 Å². The van der Waals surface area contributed by atoms with Crippen molar-refractivity contribution in [1.82, 2.24) is 20.5 Å². The van der Waals surface area contributed by atoms with Gasteiger partial charge in [0.25, 0.3) is 11.8 Å². The lowest BCUT2D eigenvalue weighted by molar-refractivity contribution is 0.0750. The molecule has 1 aliphatic carbocycles. The van der Waals surface area contributed by atoms with Crippen molar-refractivity contribution < 1.29 is 28.2 Å². The summed E-state index contributed by atoms with van der Waals surface area (Å²) >= 11 is 0. The average Bonchev–Trinajstić information content (AvgIpc) is 3.70. The zero-order valence-electron chi connectivity index (χ0n) is 27.6. The van der Waals surface area contributed by atoms with Crippen molar-refractivity contribution in [1.29, 1.82) is 0 Å². The third kappa shape index (κ3) is 8.19. The first-order chi connectivity index (χ1) is 23.8. The van der Waals surface area contributed by atoms with Gasteiger partial charge < -0.3 is 29.8 Å². The Labute approximate surface area is 285 Å². The number of rotatable bonds is 8. The number of amides is 2. The molecule has 6 rings (SSSR count). The van der Waals surface area contributed by atoms with E-state index in [4.69, 9.17) is 15.6 Å². The molecule has 2 aliphatic rings. The van der Waals surface area contributed by atoms with Crippen LogP contribution in [0.3, 0.4) is 0 Å². The summed E-state index contributed by atoms with van der Waals surface area (Å²) in [5.74, 6) is 2.12. The molecule has 2 heterocycles. The number of benzene rings is 3. The Morgan fingerprint density at radius 3 is 2.69 bits per heavy atom. The molecule has 2 amide bonds. The predicted molar refractivity (Wildman–Crippen MR) is 184 cm³/mol. The van der Waals surface area contributed by atoms with Crippen molar-refractivity contribution in [3.63, 3.8) is 0 Å². The molecule has 1 aromatic heterocycles. The maximum absolute atomic E-state index is 14.8. The van der Waals surface area contributed by atoms with Gasteiger partial charge in [-0.15, -0.1) is 6.42 Å². The number of nitrogens with one attached hydrogen (secondary N) is 2. The van der Waals surface area contributed by atoms with E-state index in [1.54, 1.807) is 29.2 Å². The first-order valence-corrected chi connectivity index (χ1v) is 16.8. The fourth-order valence-electron chi connectivity index (χ4n) is 6.39. The molecule has 1 aliphatic heterocycles. The molecule has 9 nitrogen and oxygen atoms in total. The summed E-state index contributed by atoms with van der Waals surface area (Å²) in [5, 5.41) is 18.2. The molecule has 0 radical (unpaired) electrons. The maximum atomic E-state index is 14.8. The van der Waals surface area contributed by atoms with Gasteiger partial charge in [-0.1, -0.05) is 25.0 Å². The van der Waals surface area contributed by atoms with Crippen LogP contribution >= 0.6 is 0 Å². The first kappa shape index (κ1) is 33.9. The summed E-state index contributed by atoms with van der Waals surface area (Å²) in [6.07, 6.45) is 11.4. The molecule has 4 bridgehead atoms. The van der Waals surface area contributed by atoms with Gasteiger partial charge in [0.2, 0.25) is 5.89 Å². The van der Waals surface area contributed by atoms with Gasteiger partial charge in [-0.2, -0.15) is 0 Å². The molecule has 254 valence electrons. The van der Waals surface area contributed by atoms with Gasteiger partial charge in [-0.3, -0.25) is 9.59 Å². The molecular formula is C39H41FN4O5. The fourth-order valence-corrected chi connectivity index (χ4v) is 6.39. The number of aliphatic hydroxyl groups is 1. The van der Waals surface area contributed by atoms with Crippen LogP contribution in [-0.2, 0) is 12.0 Å². The zero-order chi connectivity index (χ0) is 34.4. The number of terminal acetylenes is 1. The third-order valence-corrected chi connectivity index (χ3v) is 9.14. The van der Waals surface area contributed by atoms with Gasteiger partial charge in [0, 0.05) is 53.5 Å². The van der Waals surface area contributed by atoms with Crippen LogP contribution in [-0.4, -0.2) is 65.2 Å². The molecule has 0 spiro atoms. The monoisotopic (exact) mass is 664 g/mol. The Balaban J connectivity index is 1.33. The maximum Gasteiger partial charge on any atom is 0.253 e. The molecule has 1 saturated carbocycles. The molecule has 1 fully saturated rings. The van der Waals surface area contributed by atoms with E-state index < -0.39 is 23.9 Å². The highest BCUT2D eigenvalue weighted by molar-refractivity contribution is 6.01. The summed E-state index contributed by atoms with van der Waals surface area (Å²) in [7, 11) is 0. The number of ether oxygens (including phenoxy) is 1. The third-order valence-electron chi connectivity index (χ3n) is 9.14. The van der Waals surface area contributed by atoms with Crippen LogP contribution in [0.1, 0.15) is 76.4 Å². The molecule has 4 aromatic rings. The van der Waals surface area contributed by atoms with Crippen LogP contribution in [0.5, 0.6) is 5.75 Å². The molecule has 49 heavy (non-hydrogen) atoms. The molecule has 10 heteroatoms. The van der Waals surface area contributed by atoms with Crippen molar-refractivity contribution in [3.05, 3.63) is 107 Å². The molecule has 3 aromatic carbocycles. The van der Waals surface area contributed by atoms with Crippen LogP contribution in [0.2, 0.25) is 0 Å². The van der Waals surface area contributed by atoms with Gasteiger partial charge in [0.05, 0.1) is 24.9 Å². The average molecular weight is 665 g/mol. The largest absolute Gasteiger partial charge is 0.493 e. The SMILES string of the molecule is C#Cc1cccc(C2(NCC(O)C3Cc4cc(F)cc(c4)OCCCCN(CCC)C(=O)c4cc(cc(-c5ncco5)c4)C(=O)N3)CC2)c1. The second-order valence-electron chi connectivity index (χ2n) is 12.8. The lowest BCUT2D eigenvalue weighted by Gasteiger charge is -2.28. The first-order valence-electron chi connectivity index (χ1n) is 16.8. The second kappa shape index (κ2) is 15.1. The fraction of sp³-hybridized carbons (Fsp3) is 0.359. The highest BCUT2D eigenvalue weighted by atomic mass is 19.1. The van der Waals surface area contributed by atoms with Crippen LogP contribution in [0.15, 0.2) is 77.5 Å². The van der Waals surface area contributed by atoms with Gasteiger partial charge in [-0.05, 0) is 92.1 Å². The highest BCUT2D eigenvalue weighted by Gasteiger charge is 2.44. The van der Waals surface area contributed by atoms with Crippen molar-refractivity contribution >= 4 is 11.8 Å². The summed E-state index contributed by atoms with van der Waals surface area (Å²) in [4.78, 5) is 33.9. The normalized spacial score (nSPS) is 18.5. The number of halogens is 1. The number of fused-ring (bicyclic) bond motifs is 4. The van der Waals surface area contributed by atoms with E-state index in [1.165, 1.54) is 24.6 Å². The number of oxazole rings is 1. The standard InChI is InChI=1S/C39H41FN4O5/c1-3-13-44-14-5-6-15-48-33-19-27(18-32(40)24-33)20-34(35(45)25-42-39(10-11-39)31-9-7-8-26(4-2)17-31)43-36(46)28-21-29(37-41-12-16-49-37)23-30(22-28)38(44)47/h2,7-9,12,16-19,21-24,34-35,42,45H,3,5-6,10-11,13-15,20,25H2,1H3,(H,43,46). The number of hydrogen-bond donors (Lipinski definition) is 3. The van der Waals surface area contributed by atoms with E-state index in [0.717, 1.165) is 30.4 Å². The minimum Gasteiger partial charge on any atom is -0.493 e. The van der Waals surface area contributed by atoms with Crippen molar-refractivity contribution in [2.75, 3.05) is 26.2 Å². The minimum absolute atomic E-state index is 0.123. The lowest BCUT2D eigenvalue weighted by Crippen LogP contribution is -2.50. The van der Waals surface area contributed by atoms with E-state index >= 15 is 0 Å². The molecule has 2 atom stereocenters. The summed E-state index contributed by atoms with van der Waals surface area (Å²) in [6.45, 7) is 3.52. The van der Waals surface area contributed by atoms with E-state index in [9.17, 15) is 19.1 Å². The summed E-state index contributed by atoms with van der Waals surface area (Å²) < 4.78 is 26.3. The van der Waals surface area contributed by atoms with Crippen molar-refractivity contribution in [2.24, 2.45) is 0 Å².